The predicted molar refractivity (Wildman–Crippen MR) is 77.7 cm³/mol. The molecule has 0 aliphatic rings. The second kappa shape index (κ2) is 5.52. The summed E-state index contributed by atoms with van der Waals surface area (Å²) in [7, 11) is 1.85. The zero-order chi connectivity index (χ0) is 14.7. The maximum absolute atomic E-state index is 11.0. The number of aryl methyl sites for hydroxylation is 1. The van der Waals surface area contributed by atoms with Crippen molar-refractivity contribution >= 4 is 23.3 Å². The van der Waals surface area contributed by atoms with Crippen molar-refractivity contribution in [2.24, 2.45) is 0 Å². The molecule has 2 aromatic carbocycles. The molecule has 0 saturated heterocycles. The fourth-order valence-electron chi connectivity index (χ4n) is 1.93. The van der Waals surface area contributed by atoms with Crippen molar-refractivity contribution < 1.29 is 9.72 Å². The minimum absolute atomic E-state index is 0.0754. The normalized spacial score (nSPS) is 10.1. The molecular formula is C15H14N2O3. The standard InChI is InChI=1S/C15H14N2O3/c1-11-3-5-13(6-4-11)16(2)14-7-8-15(17(19)20)12(9-14)10-18/h3-10H,1-2H3. The van der Waals surface area contributed by atoms with E-state index >= 15 is 0 Å². The van der Waals surface area contributed by atoms with Gasteiger partial charge in [-0.05, 0) is 31.2 Å². The zero-order valence-electron chi connectivity index (χ0n) is 11.2. The summed E-state index contributed by atoms with van der Waals surface area (Å²) in [6, 6.07) is 12.4. The number of aldehydes is 1. The molecule has 0 fully saturated rings. The minimum Gasteiger partial charge on any atom is -0.345 e. The van der Waals surface area contributed by atoms with E-state index in [1.807, 2.05) is 43.1 Å². The molecule has 0 amide bonds. The summed E-state index contributed by atoms with van der Waals surface area (Å²) in [4.78, 5) is 23.1. The minimum atomic E-state index is -0.556. The molecule has 0 aliphatic carbocycles. The van der Waals surface area contributed by atoms with Crippen LogP contribution in [0.1, 0.15) is 15.9 Å². The van der Waals surface area contributed by atoms with Crippen LogP contribution in [0, 0.1) is 17.0 Å². The fraction of sp³-hybridized carbons (Fsp3) is 0.133. The maximum atomic E-state index is 11.0. The van der Waals surface area contributed by atoms with Gasteiger partial charge in [0.05, 0.1) is 10.5 Å². The number of carbonyl (C=O) groups excluding carboxylic acids is 1. The quantitative estimate of drug-likeness (QED) is 0.484. The Morgan fingerprint density at radius 3 is 2.25 bits per heavy atom. The Morgan fingerprint density at radius 1 is 1.10 bits per heavy atom. The van der Waals surface area contributed by atoms with Crippen LogP contribution in [0.3, 0.4) is 0 Å². The van der Waals surface area contributed by atoms with Crippen LogP contribution in [0.25, 0.3) is 0 Å². The number of benzene rings is 2. The van der Waals surface area contributed by atoms with E-state index in [0.717, 1.165) is 16.9 Å². The first-order valence-electron chi connectivity index (χ1n) is 6.07. The predicted octanol–water partition coefficient (Wildman–Crippen LogP) is 3.48. The monoisotopic (exact) mass is 270 g/mol. The van der Waals surface area contributed by atoms with Crippen LogP contribution >= 0.6 is 0 Å². The SMILES string of the molecule is Cc1ccc(N(C)c2ccc([N+](=O)[O-])c(C=O)c2)cc1. The maximum Gasteiger partial charge on any atom is 0.280 e. The average Bonchev–Trinajstić information content (AvgIpc) is 2.46. The summed E-state index contributed by atoms with van der Waals surface area (Å²) in [5, 5.41) is 10.8. The van der Waals surface area contributed by atoms with Gasteiger partial charge < -0.3 is 4.90 Å². The third-order valence-electron chi connectivity index (χ3n) is 3.14. The molecule has 2 aromatic rings. The molecule has 0 saturated carbocycles. The lowest BCUT2D eigenvalue weighted by Crippen LogP contribution is -2.10. The first kappa shape index (κ1) is 13.7. The summed E-state index contributed by atoms with van der Waals surface area (Å²) >= 11 is 0. The molecular weight excluding hydrogens is 256 g/mol. The van der Waals surface area contributed by atoms with Crippen LogP contribution < -0.4 is 4.90 Å². The molecule has 0 spiro atoms. The van der Waals surface area contributed by atoms with Gasteiger partial charge in [0.25, 0.3) is 5.69 Å². The van der Waals surface area contributed by atoms with Crippen LogP contribution in [0.5, 0.6) is 0 Å². The highest BCUT2D eigenvalue weighted by molar-refractivity contribution is 5.84. The zero-order valence-corrected chi connectivity index (χ0v) is 11.2. The number of anilines is 2. The van der Waals surface area contributed by atoms with Gasteiger partial charge in [-0.2, -0.15) is 0 Å². The number of rotatable bonds is 4. The summed E-state index contributed by atoms with van der Waals surface area (Å²) < 4.78 is 0. The third kappa shape index (κ3) is 2.66. The second-order valence-electron chi connectivity index (χ2n) is 4.51. The van der Waals surface area contributed by atoms with Crippen molar-refractivity contribution in [3.8, 4) is 0 Å². The largest absolute Gasteiger partial charge is 0.345 e. The van der Waals surface area contributed by atoms with Gasteiger partial charge in [0.1, 0.15) is 0 Å². The van der Waals surface area contributed by atoms with Gasteiger partial charge in [0.2, 0.25) is 0 Å². The molecule has 0 atom stereocenters. The van der Waals surface area contributed by atoms with E-state index in [1.165, 1.54) is 12.1 Å². The van der Waals surface area contributed by atoms with Crippen LogP contribution in [-0.2, 0) is 0 Å². The molecule has 2 rings (SSSR count). The van der Waals surface area contributed by atoms with E-state index in [9.17, 15) is 14.9 Å². The lowest BCUT2D eigenvalue weighted by Gasteiger charge is -2.20. The summed E-state index contributed by atoms with van der Waals surface area (Å²) in [5.74, 6) is 0. The molecule has 0 radical (unpaired) electrons. The van der Waals surface area contributed by atoms with E-state index in [4.69, 9.17) is 0 Å². The van der Waals surface area contributed by atoms with Crippen LogP contribution in [0.15, 0.2) is 42.5 Å². The lowest BCUT2D eigenvalue weighted by molar-refractivity contribution is -0.385. The van der Waals surface area contributed by atoms with Gasteiger partial charge in [-0.25, -0.2) is 0 Å². The van der Waals surface area contributed by atoms with Gasteiger partial charge >= 0.3 is 0 Å². The average molecular weight is 270 g/mol. The molecule has 102 valence electrons. The Hall–Kier alpha value is -2.69. The molecule has 5 nitrogen and oxygen atoms in total. The highest BCUT2D eigenvalue weighted by atomic mass is 16.6. The van der Waals surface area contributed by atoms with Gasteiger partial charge in [-0.3, -0.25) is 14.9 Å². The van der Waals surface area contributed by atoms with Gasteiger partial charge in [-0.15, -0.1) is 0 Å². The molecule has 0 N–H and O–H groups in total. The van der Waals surface area contributed by atoms with Gasteiger partial charge in [-0.1, -0.05) is 17.7 Å². The summed E-state index contributed by atoms with van der Waals surface area (Å²) in [5.41, 5.74) is 2.72. The van der Waals surface area contributed by atoms with Crippen molar-refractivity contribution in [3.05, 3.63) is 63.7 Å². The molecule has 0 bridgehead atoms. The molecule has 20 heavy (non-hydrogen) atoms. The van der Waals surface area contributed by atoms with Crippen molar-refractivity contribution in [3.63, 3.8) is 0 Å². The number of hydrogen-bond acceptors (Lipinski definition) is 4. The van der Waals surface area contributed by atoms with Gasteiger partial charge in [0.15, 0.2) is 6.29 Å². The number of hydrogen-bond donors (Lipinski definition) is 0. The van der Waals surface area contributed by atoms with Crippen LogP contribution in [0.2, 0.25) is 0 Å². The number of nitro benzene ring substituents is 1. The number of carbonyl (C=O) groups is 1. The van der Waals surface area contributed by atoms with Crippen molar-refractivity contribution in [2.45, 2.75) is 6.92 Å². The number of nitrogens with zero attached hydrogens (tertiary/aromatic N) is 2. The Balaban J connectivity index is 2.40. The van der Waals surface area contributed by atoms with E-state index in [0.29, 0.717) is 6.29 Å². The first-order chi connectivity index (χ1) is 9.52. The van der Waals surface area contributed by atoms with E-state index in [2.05, 4.69) is 0 Å². The molecule has 0 unspecified atom stereocenters. The Labute approximate surface area is 116 Å². The Morgan fingerprint density at radius 2 is 1.70 bits per heavy atom. The highest BCUT2D eigenvalue weighted by Crippen LogP contribution is 2.28. The van der Waals surface area contributed by atoms with E-state index in [1.54, 1.807) is 6.07 Å². The molecule has 5 heteroatoms. The van der Waals surface area contributed by atoms with Crippen molar-refractivity contribution in [2.75, 3.05) is 11.9 Å². The fourth-order valence-corrected chi connectivity index (χ4v) is 1.93. The van der Waals surface area contributed by atoms with Gasteiger partial charge in [0, 0.05) is 24.5 Å². The molecule has 0 aromatic heterocycles. The van der Waals surface area contributed by atoms with E-state index in [-0.39, 0.29) is 11.3 Å². The van der Waals surface area contributed by atoms with Crippen LogP contribution in [-0.4, -0.2) is 18.3 Å². The topological polar surface area (TPSA) is 63.4 Å². The smallest absolute Gasteiger partial charge is 0.280 e. The third-order valence-corrected chi connectivity index (χ3v) is 3.14. The Bertz CT molecular complexity index is 651. The van der Waals surface area contributed by atoms with Crippen molar-refractivity contribution in [1.29, 1.82) is 0 Å². The summed E-state index contributed by atoms with van der Waals surface area (Å²) in [6.45, 7) is 2.00. The number of nitro groups is 1. The Kier molecular flexibility index (Phi) is 3.79. The molecule has 0 aliphatic heterocycles. The highest BCUT2D eigenvalue weighted by Gasteiger charge is 2.15. The second-order valence-corrected chi connectivity index (χ2v) is 4.51. The van der Waals surface area contributed by atoms with E-state index < -0.39 is 4.92 Å². The summed E-state index contributed by atoms with van der Waals surface area (Å²) in [6.07, 6.45) is 0.505. The van der Waals surface area contributed by atoms with Crippen molar-refractivity contribution in [1.82, 2.24) is 0 Å². The first-order valence-corrected chi connectivity index (χ1v) is 6.07. The van der Waals surface area contributed by atoms with Crippen LogP contribution in [0.4, 0.5) is 17.1 Å². The lowest BCUT2D eigenvalue weighted by atomic mass is 10.1. The molecule has 0 heterocycles.